The Balaban J connectivity index is 1.39. The first kappa shape index (κ1) is 26.8. The van der Waals surface area contributed by atoms with Crippen LogP contribution >= 0.6 is 0 Å². The fraction of sp³-hybridized carbons (Fsp3) is 0.333. The maximum Gasteiger partial charge on any atom is 0.419 e. The van der Waals surface area contributed by atoms with E-state index in [4.69, 9.17) is 0 Å². The molecule has 0 bridgehead atoms. The third kappa shape index (κ3) is 6.76. The first-order valence-electron chi connectivity index (χ1n) is 12.5. The van der Waals surface area contributed by atoms with E-state index in [1.54, 1.807) is 12.1 Å². The SMILES string of the molecule is CCCC1CCC(c2ccc(/C=C/C(F)(F)Oc3ccc(-c4cc(F)c(F)c(F)c4)c(F)c3)cc2)CC1. The molecule has 0 radical (unpaired) electrons. The minimum atomic E-state index is -3.74. The average Bonchev–Trinajstić information content (AvgIpc) is 2.87. The monoisotopic (exact) mass is 518 g/mol. The average molecular weight is 519 g/mol. The molecule has 3 aromatic rings. The van der Waals surface area contributed by atoms with Gasteiger partial charge in [-0.25, -0.2) is 17.6 Å². The second-order valence-electron chi connectivity index (χ2n) is 9.57. The highest BCUT2D eigenvalue weighted by atomic mass is 19.3. The second-order valence-corrected chi connectivity index (χ2v) is 9.57. The van der Waals surface area contributed by atoms with Crippen molar-refractivity contribution >= 4 is 6.08 Å². The standard InChI is InChI=1S/C30H28F6O/c1-2-3-19-4-8-21(9-5-19)22-10-6-20(7-11-22)14-15-30(35,36)37-24-12-13-25(26(31)18-24)23-16-27(32)29(34)28(33)17-23/h6-7,10-19,21H,2-5,8-9H2,1H3/b15-14+. The predicted octanol–water partition coefficient (Wildman–Crippen LogP) is 9.67. The van der Waals surface area contributed by atoms with E-state index in [-0.39, 0.29) is 11.1 Å². The van der Waals surface area contributed by atoms with Gasteiger partial charge in [-0.3, -0.25) is 0 Å². The molecule has 7 heteroatoms. The van der Waals surface area contributed by atoms with Gasteiger partial charge in [0.1, 0.15) is 11.6 Å². The fourth-order valence-corrected chi connectivity index (χ4v) is 4.96. The molecule has 1 aliphatic rings. The smallest absolute Gasteiger partial charge is 0.419 e. The molecule has 0 spiro atoms. The van der Waals surface area contributed by atoms with Crippen molar-refractivity contribution in [3.63, 3.8) is 0 Å². The molecule has 37 heavy (non-hydrogen) atoms. The van der Waals surface area contributed by atoms with Crippen LogP contribution in [0.4, 0.5) is 26.3 Å². The van der Waals surface area contributed by atoms with Crippen LogP contribution in [0.15, 0.2) is 60.7 Å². The molecular weight excluding hydrogens is 490 g/mol. The number of ether oxygens (including phenoxy) is 1. The van der Waals surface area contributed by atoms with E-state index < -0.39 is 35.1 Å². The molecule has 196 valence electrons. The van der Waals surface area contributed by atoms with E-state index >= 15 is 0 Å². The van der Waals surface area contributed by atoms with Crippen LogP contribution in [-0.4, -0.2) is 6.11 Å². The van der Waals surface area contributed by atoms with Crippen molar-refractivity contribution in [3.8, 4) is 16.9 Å². The Morgan fingerprint density at radius 2 is 1.49 bits per heavy atom. The van der Waals surface area contributed by atoms with Crippen LogP contribution in [0.2, 0.25) is 0 Å². The molecule has 1 aliphatic carbocycles. The van der Waals surface area contributed by atoms with Crippen molar-refractivity contribution < 1.29 is 31.1 Å². The lowest BCUT2D eigenvalue weighted by Crippen LogP contribution is -2.21. The van der Waals surface area contributed by atoms with Crippen LogP contribution in [-0.2, 0) is 0 Å². The summed E-state index contributed by atoms with van der Waals surface area (Å²) in [5, 5.41) is 0. The third-order valence-corrected chi connectivity index (χ3v) is 6.91. The quantitative estimate of drug-likeness (QED) is 0.213. The number of benzene rings is 3. The zero-order chi connectivity index (χ0) is 26.6. The van der Waals surface area contributed by atoms with Crippen LogP contribution < -0.4 is 4.74 Å². The lowest BCUT2D eigenvalue weighted by molar-refractivity contribution is -0.131. The molecule has 4 rings (SSSR count). The lowest BCUT2D eigenvalue weighted by Gasteiger charge is -2.28. The van der Waals surface area contributed by atoms with Crippen molar-refractivity contribution in [2.45, 2.75) is 57.5 Å². The highest BCUT2D eigenvalue weighted by Crippen LogP contribution is 2.37. The molecule has 0 saturated heterocycles. The van der Waals surface area contributed by atoms with Crippen LogP contribution in [0.5, 0.6) is 5.75 Å². The summed E-state index contributed by atoms with van der Waals surface area (Å²) < 4.78 is 88.0. The number of hydrogen-bond acceptors (Lipinski definition) is 1. The maximum atomic E-state index is 14.5. The molecule has 0 aromatic heterocycles. The molecule has 0 atom stereocenters. The van der Waals surface area contributed by atoms with Gasteiger partial charge in [-0.05, 0) is 84.6 Å². The Bertz CT molecular complexity index is 1220. The van der Waals surface area contributed by atoms with Gasteiger partial charge in [0.25, 0.3) is 0 Å². The number of rotatable bonds is 8. The fourth-order valence-electron chi connectivity index (χ4n) is 4.96. The topological polar surface area (TPSA) is 9.23 Å². The van der Waals surface area contributed by atoms with Crippen molar-refractivity contribution in [3.05, 3.63) is 95.1 Å². The van der Waals surface area contributed by atoms with Gasteiger partial charge in [-0.2, -0.15) is 8.78 Å². The van der Waals surface area contributed by atoms with E-state index in [1.807, 2.05) is 12.1 Å². The highest BCUT2D eigenvalue weighted by molar-refractivity contribution is 5.65. The Morgan fingerprint density at radius 3 is 2.08 bits per heavy atom. The van der Waals surface area contributed by atoms with Gasteiger partial charge in [0, 0.05) is 17.7 Å². The van der Waals surface area contributed by atoms with Crippen molar-refractivity contribution in [2.75, 3.05) is 0 Å². The summed E-state index contributed by atoms with van der Waals surface area (Å²) in [6.07, 6.45) is 5.30. The van der Waals surface area contributed by atoms with Crippen LogP contribution in [0, 0.1) is 29.2 Å². The summed E-state index contributed by atoms with van der Waals surface area (Å²) in [4.78, 5) is 0. The summed E-state index contributed by atoms with van der Waals surface area (Å²) in [7, 11) is 0. The largest absolute Gasteiger partial charge is 0.429 e. The Hall–Kier alpha value is -3.22. The summed E-state index contributed by atoms with van der Waals surface area (Å²) in [5.74, 6) is -4.88. The van der Waals surface area contributed by atoms with Gasteiger partial charge in [-0.15, -0.1) is 0 Å². The first-order valence-corrected chi connectivity index (χ1v) is 12.5. The summed E-state index contributed by atoms with van der Waals surface area (Å²) in [6.45, 7) is 2.21. The molecule has 1 saturated carbocycles. The molecule has 1 fully saturated rings. The Morgan fingerprint density at radius 1 is 0.838 bits per heavy atom. The van der Waals surface area contributed by atoms with Crippen molar-refractivity contribution in [1.82, 2.24) is 0 Å². The highest BCUT2D eigenvalue weighted by Gasteiger charge is 2.28. The van der Waals surface area contributed by atoms with E-state index in [9.17, 15) is 26.3 Å². The maximum absolute atomic E-state index is 14.5. The van der Waals surface area contributed by atoms with E-state index in [0.29, 0.717) is 35.8 Å². The number of halogens is 6. The van der Waals surface area contributed by atoms with Crippen LogP contribution in [0.25, 0.3) is 17.2 Å². The van der Waals surface area contributed by atoms with E-state index in [0.717, 1.165) is 30.9 Å². The van der Waals surface area contributed by atoms with Crippen LogP contribution in [0.3, 0.4) is 0 Å². The number of alkyl halides is 2. The van der Waals surface area contributed by atoms with E-state index in [1.165, 1.54) is 37.3 Å². The van der Waals surface area contributed by atoms with E-state index in [2.05, 4.69) is 11.7 Å². The molecule has 0 N–H and O–H groups in total. The number of hydrogen-bond donors (Lipinski definition) is 0. The molecule has 0 unspecified atom stereocenters. The van der Waals surface area contributed by atoms with Crippen LogP contribution in [0.1, 0.15) is 62.5 Å². The molecule has 0 aliphatic heterocycles. The summed E-state index contributed by atoms with van der Waals surface area (Å²) in [5.41, 5.74) is 1.23. The molecule has 1 nitrogen and oxygen atoms in total. The van der Waals surface area contributed by atoms with Gasteiger partial charge in [-0.1, -0.05) is 44.0 Å². The first-order chi connectivity index (χ1) is 17.6. The molecule has 3 aromatic carbocycles. The van der Waals surface area contributed by atoms with Gasteiger partial charge in [0.2, 0.25) is 0 Å². The minimum absolute atomic E-state index is 0.274. The second kappa shape index (κ2) is 11.4. The van der Waals surface area contributed by atoms with Crippen molar-refractivity contribution in [2.24, 2.45) is 5.92 Å². The van der Waals surface area contributed by atoms with Gasteiger partial charge < -0.3 is 4.74 Å². The van der Waals surface area contributed by atoms with Gasteiger partial charge in [0.15, 0.2) is 17.5 Å². The summed E-state index contributed by atoms with van der Waals surface area (Å²) >= 11 is 0. The van der Waals surface area contributed by atoms with Gasteiger partial charge in [0.05, 0.1) is 0 Å². The Kier molecular flexibility index (Phi) is 8.30. The molecule has 0 heterocycles. The third-order valence-electron chi connectivity index (χ3n) is 6.91. The predicted molar refractivity (Wildman–Crippen MR) is 132 cm³/mol. The zero-order valence-electron chi connectivity index (χ0n) is 20.4. The summed E-state index contributed by atoms with van der Waals surface area (Å²) in [6, 6.07) is 11.5. The normalized spacial score (nSPS) is 18.4. The molecule has 0 amide bonds. The lowest BCUT2D eigenvalue weighted by atomic mass is 9.77. The zero-order valence-corrected chi connectivity index (χ0v) is 20.4. The minimum Gasteiger partial charge on any atom is -0.429 e. The van der Waals surface area contributed by atoms with Gasteiger partial charge >= 0.3 is 6.11 Å². The van der Waals surface area contributed by atoms with Crippen molar-refractivity contribution in [1.29, 1.82) is 0 Å². The molecular formula is C30H28F6O. The Labute approximate surface area is 212 Å².